The van der Waals surface area contributed by atoms with Gasteiger partial charge in [0.1, 0.15) is 5.75 Å². The predicted octanol–water partition coefficient (Wildman–Crippen LogP) is 5.09. The van der Waals surface area contributed by atoms with Crippen LogP contribution in [0.5, 0.6) is 5.75 Å². The maximum Gasteiger partial charge on any atom is 0.124 e. The van der Waals surface area contributed by atoms with Gasteiger partial charge in [-0.1, -0.05) is 41.4 Å². The Hall–Kier alpha value is -1.22. The lowest BCUT2D eigenvalue weighted by molar-refractivity contribution is 0.238. The molecule has 0 saturated heterocycles. The molecule has 21 heavy (non-hydrogen) atoms. The number of nitrogens with one attached hydrogen (secondary N) is 1. The van der Waals surface area contributed by atoms with Crippen LogP contribution in [0.3, 0.4) is 0 Å². The second kappa shape index (κ2) is 7.17. The molecule has 0 saturated carbocycles. The van der Waals surface area contributed by atoms with Crippen molar-refractivity contribution in [3.05, 3.63) is 63.6 Å². The first kappa shape index (κ1) is 16.2. The van der Waals surface area contributed by atoms with Gasteiger partial charge in [-0.05, 0) is 50.7 Å². The molecule has 2 aromatic rings. The van der Waals surface area contributed by atoms with E-state index in [9.17, 15) is 0 Å². The van der Waals surface area contributed by atoms with E-state index in [0.29, 0.717) is 10.0 Å². The highest BCUT2D eigenvalue weighted by molar-refractivity contribution is 6.34. The van der Waals surface area contributed by atoms with Gasteiger partial charge in [0.25, 0.3) is 0 Å². The van der Waals surface area contributed by atoms with Gasteiger partial charge in [-0.3, -0.25) is 0 Å². The molecule has 0 bridgehead atoms. The van der Waals surface area contributed by atoms with Crippen molar-refractivity contribution < 1.29 is 4.74 Å². The number of hydrogen-bond donors (Lipinski definition) is 1. The van der Waals surface area contributed by atoms with Crippen LogP contribution in [-0.4, -0.2) is 13.2 Å². The molecule has 2 aromatic carbocycles. The Morgan fingerprint density at radius 1 is 1.00 bits per heavy atom. The van der Waals surface area contributed by atoms with Gasteiger partial charge in [-0.25, -0.2) is 0 Å². The van der Waals surface area contributed by atoms with Crippen molar-refractivity contribution in [3.63, 3.8) is 0 Å². The molecule has 4 heteroatoms. The fraction of sp³-hybridized carbons (Fsp3) is 0.294. The first-order chi connectivity index (χ1) is 10.0. The van der Waals surface area contributed by atoms with E-state index in [0.717, 1.165) is 16.9 Å². The van der Waals surface area contributed by atoms with Gasteiger partial charge in [0.2, 0.25) is 0 Å². The summed E-state index contributed by atoms with van der Waals surface area (Å²) in [7, 11) is 1.91. The van der Waals surface area contributed by atoms with Crippen LogP contribution < -0.4 is 10.1 Å². The standard InChI is InChI=1S/C17H19Cl2NO/c1-11(2)21-16-7-5-4-6-15(16)17(20-3)12-8-13(18)10-14(19)9-12/h4-11,17,20H,1-3H3. The largest absolute Gasteiger partial charge is 0.491 e. The van der Waals surface area contributed by atoms with Crippen LogP contribution in [0.15, 0.2) is 42.5 Å². The highest BCUT2D eigenvalue weighted by Crippen LogP contribution is 2.33. The van der Waals surface area contributed by atoms with E-state index in [4.69, 9.17) is 27.9 Å². The third kappa shape index (κ3) is 4.13. The third-order valence-corrected chi connectivity index (χ3v) is 3.54. The summed E-state index contributed by atoms with van der Waals surface area (Å²) in [5.41, 5.74) is 2.07. The van der Waals surface area contributed by atoms with Crippen molar-refractivity contribution in [2.75, 3.05) is 7.05 Å². The van der Waals surface area contributed by atoms with E-state index in [1.165, 1.54) is 0 Å². The molecular formula is C17H19Cl2NO. The number of hydrogen-bond acceptors (Lipinski definition) is 2. The van der Waals surface area contributed by atoms with Crippen molar-refractivity contribution in [2.24, 2.45) is 0 Å². The van der Waals surface area contributed by atoms with E-state index in [1.807, 2.05) is 57.3 Å². The Labute approximate surface area is 136 Å². The highest BCUT2D eigenvalue weighted by Gasteiger charge is 2.18. The summed E-state index contributed by atoms with van der Waals surface area (Å²) >= 11 is 12.2. The minimum Gasteiger partial charge on any atom is -0.491 e. The van der Waals surface area contributed by atoms with E-state index in [1.54, 1.807) is 6.07 Å². The van der Waals surface area contributed by atoms with Crippen molar-refractivity contribution in [3.8, 4) is 5.75 Å². The van der Waals surface area contributed by atoms with E-state index in [-0.39, 0.29) is 12.1 Å². The summed E-state index contributed by atoms with van der Waals surface area (Å²) in [6.07, 6.45) is 0.117. The van der Waals surface area contributed by atoms with E-state index >= 15 is 0 Å². The number of ether oxygens (including phenoxy) is 1. The Morgan fingerprint density at radius 3 is 2.19 bits per heavy atom. The maximum atomic E-state index is 6.12. The first-order valence-corrected chi connectivity index (χ1v) is 7.65. The predicted molar refractivity (Wildman–Crippen MR) is 89.6 cm³/mol. The smallest absolute Gasteiger partial charge is 0.124 e. The average Bonchev–Trinajstić information content (AvgIpc) is 2.40. The molecule has 1 atom stereocenters. The molecule has 2 rings (SSSR count). The van der Waals surface area contributed by atoms with Crippen molar-refractivity contribution in [1.82, 2.24) is 5.32 Å². The summed E-state index contributed by atoms with van der Waals surface area (Å²) < 4.78 is 5.90. The fourth-order valence-corrected chi connectivity index (χ4v) is 2.87. The quantitative estimate of drug-likeness (QED) is 0.827. The molecule has 0 radical (unpaired) electrons. The number of rotatable bonds is 5. The monoisotopic (exact) mass is 323 g/mol. The Kier molecular flexibility index (Phi) is 5.51. The molecule has 0 amide bonds. The third-order valence-electron chi connectivity index (χ3n) is 3.10. The summed E-state index contributed by atoms with van der Waals surface area (Å²) in [5.74, 6) is 0.864. The highest BCUT2D eigenvalue weighted by atomic mass is 35.5. The molecule has 112 valence electrons. The second-order valence-electron chi connectivity index (χ2n) is 5.13. The first-order valence-electron chi connectivity index (χ1n) is 6.90. The Bertz CT molecular complexity index is 593. The Balaban J connectivity index is 2.46. The topological polar surface area (TPSA) is 21.3 Å². The lowest BCUT2D eigenvalue weighted by atomic mass is 9.98. The minimum absolute atomic E-state index is 0.0313. The summed E-state index contributed by atoms with van der Waals surface area (Å²) in [4.78, 5) is 0. The SMILES string of the molecule is CNC(c1cc(Cl)cc(Cl)c1)c1ccccc1OC(C)C. The van der Waals surface area contributed by atoms with Gasteiger partial charge in [0, 0.05) is 15.6 Å². The molecule has 0 aliphatic carbocycles. The number of benzene rings is 2. The van der Waals surface area contributed by atoms with Crippen LogP contribution in [0.4, 0.5) is 0 Å². The normalized spacial score (nSPS) is 12.5. The molecule has 0 aliphatic rings. The summed E-state index contributed by atoms with van der Waals surface area (Å²) in [5, 5.41) is 4.56. The van der Waals surface area contributed by atoms with Crippen LogP contribution >= 0.6 is 23.2 Å². The summed E-state index contributed by atoms with van der Waals surface area (Å²) in [6, 6.07) is 13.5. The summed E-state index contributed by atoms with van der Waals surface area (Å²) in [6.45, 7) is 4.03. The van der Waals surface area contributed by atoms with Gasteiger partial charge in [-0.15, -0.1) is 0 Å². The van der Waals surface area contributed by atoms with Crippen molar-refractivity contribution in [2.45, 2.75) is 26.0 Å². The lowest BCUT2D eigenvalue weighted by Crippen LogP contribution is -2.19. The van der Waals surface area contributed by atoms with E-state index < -0.39 is 0 Å². The fourth-order valence-electron chi connectivity index (χ4n) is 2.32. The molecule has 0 fully saturated rings. The van der Waals surface area contributed by atoms with E-state index in [2.05, 4.69) is 5.32 Å². The molecule has 0 aliphatic heterocycles. The van der Waals surface area contributed by atoms with Gasteiger partial charge >= 0.3 is 0 Å². The van der Waals surface area contributed by atoms with Crippen LogP contribution in [0.2, 0.25) is 10.0 Å². The minimum atomic E-state index is -0.0313. The van der Waals surface area contributed by atoms with Crippen molar-refractivity contribution in [1.29, 1.82) is 0 Å². The average molecular weight is 324 g/mol. The molecule has 1 unspecified atom stereocenters. The zero-order valence-electron chi connectivity index (χ0n) is 12.4. The van der Waals surface area contributed by atoms with Gasteiger partial charge < -0.3 is 10.1 Å². The van der Waals surface area contributed by atoms with Crippen LogP contribution in [0, 0.1) is 0 Å². The second-order valence-corrected chi connectivity index (χ2v) is 6.00. The van der Waals surface area contributed by atoms with Crippen molar-refractivity contribution >= 4 is 23.2 Å². The molecule has 0 heterocycles. The molecule has 0 aromatic heterocycles. The van der Waals surface area contributed by atoms with Crippen LogP contribution in [0.25, 0.3) is 0 Å². The lowest BCUT2D eigenvalue weighted by Gasteiger charge is -2.22. The van der Waals surface area contributed by atoms with Gasteiger partial charge in [0.05, 0.1) is 12.1 Å². The molecule has 2 nitrogen and oxygen atoms in total. The molecular weight excluding hydrogens is 305 g/mol. The zero-order chi connectivity index (χ0) is 15.4. The van der Waals surface area contributed by atoms with Gasteiger partial charge in [0.15, 0.2) is 0 Å². The zero-order valence-corrected chi connectivity index (χ0v) is 13.9. The van der Waals surface area contributed by atoms with Gasteiger partial charge in [-0.2, -0.15) is 0 Å². The van der Waals surface area contributed by atoms with Crippen LogP contribution in [0.1, 0.15) is 31.0 Å². The molecule has 1 N–H and O–H groups in total. The molecule has 0 spiro atoms. The maximum absolute atomic E-state index is 6.12. The number of para-hydroxylation sites is 1. The Morgan fingerprint density at radius 2 is 1.62 bits per heavy atom. The number of halogens is 2. The van der Waals surface area contributed by atoms with Crippen LogP contribution in [-0.2, 0) is 0 Å².